The van der Waals surface area contributed by atoms with E-state index in [2.05, 4.69) is 5.32 Å². The fourth-order valence-corrected chi connectivity index (χ4v) is 4.68. The summed E-state index contributed by atoms with van der Waals surface area (Å²) in [5.41, 5.74) is -0.406. The van der Waals surface area contributed by atoms with E-state index in [-0.39, 0.29) is 24.3 Å². The lowest BCUT2D eigenvalue weighted by Crippen LogP contribution is -2.65. The van der Waals surface area contributed by atoms with Crippen LogP contribution in [-0.2, 0) is 19.1 Å². The van der Waals surface area contributed by atoms with E-state index >= 15 is 0 Å². The molecule has 8 nitrogen and oxygen atoms in total. The quantitative estimate of drug-likeness (QED) is 0.602. The minimum absolute atomic E-state index is 0.0849. The number of rotatable bonds is 6. The maximum absolute atomic E-state index is 13.1. The summed E-state index contributed by atoms with van der Waals surface area (Å²) in [6, 6.07) is 6.77. The van der Waals surface area contributed by atoms with Gasteiger partial charge in [0.1, 0.15) is 11.7 Å². The third kappa shape index (κ3) is 6.21. The molecule has 2 heterocycles. The van der Waals surface area contributed by atoms with Gasteiger partial charge in [0.15, 0.2) is 0 Å². The van der Waals surface area contributed by atoms with Crippen molar-refractivity contribution in [2.75, 3.05) is 24.5 Å². The lowest BCUT2D eigenvalue weighted by Gasteiger charge is -2.48. The summed E-state index contributed by atoms with van der Waals surface area (Å²) in [6.45, 7) is 12.3. The topological polar surface area (TPSA) is 88.2 Å². The molecule has 3 atom stereocenters. The van der Waals surface area contributed by atoms with Crippen LogP contribution < -0.4 is 10.2 Å². The number of esters is 1. The Morgan fingerprint density at radius 3 is 2.56 bits per heavy atom. The van der Waals surface area contributed by atoms with Gasteiger partial charge in [-0.05, 0) is 59.6 Å². The van der Waals surface area contributed by atoms with Crippen LogP contribution in [0, 0.1) is 5.92 Å². The Labute approximate surface area is 206 Å². The summed E-state index contributed by atoms with van der Waals surface area (Å²) >= 11 is 6.36. The summed E-state index contributed by atoms with van der Waals surface area (Å²) in [6.07, 6.45) is 0.128. The Hall–Kier alpha value is -2.32. The minimum atomic E-state index is -0.664. The Morgan fingerprint density at radius 1 is 1.29 bits per heavy atom. The molecule has 1 aromatic rings. The molecule has 9 heteroatoms. The van der Waals surface area contributed by atoms with E-state index in [1.807, 2.05) is 43.9 Å². The molecule has 0 bridgehead atoms. The number of halogens is 1. The van der Waals surface area contributed by atoms with Crippen LogP contribution >= 0.6 is 11.6 Å². The smallest absolute Gasteiger partial charge is 0.408 e. The van der Waals surface area contributed by atoms with Crippen LogP contribution in [-0.4, -0.2) is 65.8 Å². The molecule has 1 N–H and O–H groups in total. The van der Waals surface area contributed by atoms with Crippen molar-refractivity contribution in [1.29, 1.82) is 0 Å². The highest BCUT2D eigenvalue weighted by molar-refractivity contribution is 6.33. The lowest BCUT2D eigenvalue weighted by atomic mass is 9.94. The fraction of sp³-hybridized carbons (Fsp3) is 0.640. The molecule has 34 heavy (non-hydrogen) atoms. The zero-order valence-corrected chi connectivity index (χ0v) is 21.6. The predicted molar refractivity (Wildman–Crippen MR) is 131 cm³/mol. The Kier molecular flexibility index (Phi) is 7.82. The Bertz CT molecular complexity index is 929. The standard InChI is InChI=1S/C25H36ClN3O5/c1-7-16-12-20(33-22(16)31)18(27-23(32)34-24(2,3)4)13-28-14-21(30)29(15-25(28,5)6)19-11-9-8-10-17(19)26/h8-11,16,18,20H,7,12-15H2,1-6H3,(H,27,32)/t16-,18+,20+/m1/s1. The van der Waals surface area contributed by atoms with Gasteiger partial charge in [-0.3, -0.25) is 14.5 Å². The van der Waals surface area contributed by atoms with Gasteiger partial charge in [-0.15, -0.1) is 0 Å². The molecule has 1 aromatic carbocycles. The molecule has 0 unspecified atom stereocenters. The number of anilines is 1. The largest absolute Gasteiger partial charge is 0.460 e. The van der Waals surface area contributed by atoms with Crippen LogP contribution in [0.4, 0.5) is 10.5 Å². The van der Waals surface area contributed by atoms with Gasteiger partial charge in [-0.2, -0.15) is 0 Å². The second-order valence-corrected chi connectivity index (χ2v) is 11.1. The third-order valence-corrected chi connectivity index (χ3v) is 6.67. The van der Waals surface area contributed by atoms with Crippen molar-refractivity contribution in [3.8, 4) is 0 Å². The summed E-state index contributed by atoms with van der Waals surface area (Å²) in [5, 5.41) is 3.43. The number of amides is 2. The van der Waals surface area contributed by atoms with Gasteiger partial charge in [0, 0.05) is 18.6 Å². The third-order valence-electron chi connectivity index (χ3n) is 6.35. The fourth-order valence-electron chi connectivity index (χ4n) is 4.44. The van der Waals surface area contributed by atoms with Crippen LogP contribution in [0.2, 0.25) is 5.02 Å². The summed E-state index contributed by atoms with van der Waals surface area (Å²) < 4.78 is 11.1. The Balaban J connectivity index is 1.79. The van der Waals surface area contributed by atoms with Gasteiger partial charge in [0.25, 0.3) is 0 Å². The number of ether oxygens (including phenoxy) is 2. The molecule has 2 saturated heterocycles. The number of piperazine rings is 1. The first-order valence-corrected chi connectivity index (χ1v) is 12.2. The van der Waals surface area contributed by atoms with Crippen molar-refractivity contribution in [2.45, 2.75) is 77.7 Å². The number of carbonyl (C=O) groups excluding carboxylic acids is 3. The van der Waals surface area contributed by atoms with Gasteiger partial charge >= 0.3 is 12.1 Å². The van der Waals surface area contributed by atoms with Crippen LogP contribution in [0.3, 0.4) is 0 Å². The molecule has 0 radical (unpaired) electrons. The molecule has 0 spiro atoms. The summed E-state index contributed by atoms with van der Waals surface area (Å²) in [4.78, 5) is 41.8. The highest BCUT2D eigenvalue weighted by atomic mass is 35.5. The number of benzene rings is 1. The van der Waals surface area contributed by atoms with E-state index in [4.69, 9.17) is 21.1 Å². The minimum Gasteiger partial charge on any atom is -0.460 e. The average molecular weight is 494 g/mol. The van der Waals surface area contributed by atoms with Gasteiger partial charge in [0.05, 0.1) is 29.2 Å². The first-order valence-electron chi connectivity index (χ1n) is 11.8. The molecule has 0 aromatic heterocycles. The zero-order chi connectivity index (χ0) is 25.3. The molecular formula is C25H36ClN3O5. The molecule has 2 fully saturated rings. The monoisotopic (exact) mass is 493 g/mol. The number of nitrogens with one attached hydrogen (secondary N) is 1. The van der Waals surface area contributed by atoms with Crippen molar-refractivity contribution >= 4 is 35.3 Å². The van der Waals surface area contributed by atoms with Crippen LogP contribution in [0.25, 0.3) is 0 Å². The number of nitrogens with zero attached hydrogens (tertiary/aromatic N) is 2. The molecular weight excluding hydrogens is 458 g/mol. The lowest BCUT2D eigenvalue weighted by molar-refractivity contribution is -0.145. The number of cyclic esters (lactones) is 1. The second kappa shape index (κ2) is 10.1. The highest BCUT2D eigenvalue weighted by Gasteiger charge is 2.44. The van der Waals surface area contributed by atoms with Gasteiger partial charge in [-0.25, -0.2) is 4.79 Å². The zero-order valence-electron chi connectivity index (χ0n) is 20.9. The summed E-state index contributed by atoms with van der Waals surface area (Å²) in [5.74, 6) is -0.527. The molecule has 0 saturated carbocycles. The van der Waals surface area contributed by atoms with Crippen LogP contribution in [0.1, 0.15) is 54.4 Å². The first kappa shape index (κ1) is 26.3. The molecule has 2 aliphatic rings. The molecule has 3 rings (SSSR count). The van der Waals surface area contributed by atoms with E-state index in [0.717, 1.165) is 0 Å². The van der Waals surface area contributed by atoms with Crippen molar-refractivity contribution in [2.24, 2.45) is 5.92 Å². The van der Waals surface area contributed by atoms with Crippen molar-refractivity contribution in [3.05, 3.63) is 29.3 Å². The predicted octanol–water partition coefficient (Wildman–Crippen LogP) is 4.00. The van der Waals surface area contributed by atoms with Crippen molar-refractivity contribution < 1.29 is 23.9 Å². The van der Waals surface area contributed by atoms with E-state index < -0.39 is 29.4 Å². The van der Waals surface area contributed by atoms with E-state index in [0.29, 0.717) is 36.6 Å². The highest BCUT2D eigenvalue weighted by Crippen LogP contribution is 2.33. The maximum Gasteiger partial charge on any atom is 0.408 e. The van der Waals surface area contributed by atoms with Crippen LogP contribution in [0.5, 0.6) is 0 Å². The Morgan fingerprint density at radius 2 is 1.97 bits per heavy atom. The molecule has 2 amide bonds. The second-order valence-electron chi connectivity index (χ2n) is 10.7. The molecule has 0 aliphatic carbocycles. The first-order chi connectivity index (χ1) is 15.8. The number of carbonyl (C=O) groups is 3. The van der Waals surface area contributed by atoms with E-state index in [1.165, 1.54) is 0 Å². The normalized spacial score (nSPS) is 24.0. The average Bonchev–Trinajstić information content (AvgIpc) is 3.10. The number of alkyl carbamates (subject to hydrolysis) is 1. The van der Waals surface area contributed by atoms with E-state index in [1.54, 1.807) is 31.7 Å². The van der Waals surface area contributed by atoms with Gasteiger partial charge < -0.3 is 19.7 Å². The van der Waals surface area contributed by atoms with Gasteiger partial charge in [-0.1, -0.05) is 30.7 Å². The van der Waals surface area contributed by atoms with Crippen molar-refractivity contribution in [1.82, 2.24) is 10.2 Å². The number of hydrogen-bond donors (Lipinski definition) is 1. The molecule has 2 aliphatic heterocycles. The van der Waals surface area contributed by atoms with Crippen molar-refractivity contribution in [3.63, 3.8) is 0 Å². The van der Waals surface area contributed by atoms with E-state index in [9.17, 15) is 14.4 Å². The van der Waals surface area contributed by atoms with Crippen LogP contribution in [0.15, 0.2) is 24.3 Å². The number of para-hydroxylation sites is 1. The van der Waals surface area contributed by atoms with Gasteiger partial charge in [0.2, 0.25) is 5.91 Å². The maximum atomic E-state index is 13.1. The number of hydrogen-bond acceptors (Lipinski definition) is 6. The molecule has 188 valence electrons. The summed E-state index contributed by atoms with van der Waals surface area (Å²) in [7, 11) is 0. The SMILES string of the molecule is CC[C@@H]1C[C@@H]([C@H](CN2CC(=O)N(c3ccccc3Cl)CC2(C)C)NC(=O)OC(C)(C)C)OC1=O.